The number of ketones is 1. The van der Waals surface area contributed by atoms with Crippen LogP contribution in [0.1, 0.15) is 42.5 Å². The van der Waals surface area contributed by atoms with Gasteiger partial charge in [-0.3, -0.25) is 14.4 Å². The number of para-hydroxylation sites is 1. The summed E-state index contributed by atoms with van der Waals surface area (Å²) in [6.45, 7) is -0.0265. The van der Waals surface area contributed by atoms with Crippen molar-refractivity contribution in [3.05, 3.63) is 103 Å². The number of Topliss-reactive ketones (excluding diaryl/α,β-unsaturated/α-hetero) is 1. The van der Waals surface area contributed by atoms with Gasteiger partial charge in [0.1, 0.15) is 30.0 Å². The molecule has 226 valence electrons. The van der Waals surface area contributed by atoms with Crippen molar-refractivity contribution in [1.29, 1.82) is 0 Å². The zero-order valence-corrected chi connectivity index (χ0v) is 23.8. The largest absolute Gasteiger partial charge is 0.491 e. The second-order valence-electron chi connectivity index (χ2n) is 10.3. The molecule has 0 spiro atoms. The highest BCUT2D eigenvalue weighted by Crippen LogP contribution is 2.29. The number of nitrogens with one attached hydrogen (secondary N) is 1. The summed E-state index contributed by atoms with van der Waals surface area (Å²) in [7, 11) is 0. The number of aliphatic hydroxyl groups is 2. The number of hydrogen-bond acceptors (Lipinski definition) is 8. The zero-order chi connectivity index (χ0) is 30.4. The van der Waals surface area contributed by atoms with Gasteiger partial charge in [-0.15, -0.1) is 0 Å². The number of amides is 1. The molecule has 3 aromatic carbocycles. The molecule has 9 nitrogen and oxygen atoms in total. The van der Waals surface area contributed by atoms with E-state index >= 15 is 0 Å². The van der Waals surface area contributed by atoms with Crippen LogP contribution in [0.25, 0.3) is 0 Å². The van der Waals surface area contributed by atoms with Crippen molar-refractivity contribution in [2.45, 2.75) is 50.4 Å². The molecule has 0 aromatic heterocycles. The van der Waals surface area contributed by atoms with Crippen LogP contribution in [0.3, 0.4) is 0 Å². The van der Waals surface area contributed by atoms with Gasteiger partial charge in [-0.1, -0.05) is 48.6 Å². The molecule has 1 aliphatic rings. The predicted octanol–water partition coefficient (Wildman–Crippen LogP) is 4.74. The zero-order valence-electron chi connectivity index (χ0n) is 23.8. The number of anilines is 1. The number of hydrogen-bond donors (Lipinski definition) is 3. The molecule has 1 fully saturated rings. The summed E-state index contributed by atoms with van der Waals surface area (Å²) in [6.07, 6.45) is 3.05. The maximum atomic E-state index is 12.4. The van der Waals surface area contributed by atoms with Crippen LogP contribution in [0.5, 0.6) is 11.5 Å². The Morgan fingerprint density at radius 1 is 0.907 bits per heavy atom. The summed E-state index contributed by atoms with van der Waals surface area (Å²) in [6, 6.07) is 24.6. The lowest BCUT2D eigenvalue weighted by atomic mass is 9.99. The monoisotopic (exact) mass is 587 g/mol. The van der Waals surface area contributed by atoms with Gasteiger partial charge >= 0.3 is 5.97 Å². The van der Waals surface area contributed by atoms with Crippen LogP contribution in [0.2, 0.25) is 0 Å². The molecule has 1 amide bonds. The standard InChI is InChI=1S/C34H37NO8/c36-26(22-41-27-13-7-4-8-14-27)23-42-33-29(30(37)21-31(33)38)15-9-1-2-10-16-32(39)43-28-19-17-25(18-20-28)35-34(40)24-11-5-3-6-12-24/h1,3-9,11-14,17-20,26,29,31,33,36,38H,2,10,15-16,21-23H2,(H,35,40)/b9-1-. The Hall–Kier alpha value is -4.31. The van der Waals surface area contributed by atoms with Crippen molar-refractivity contribution in [1.82, 2.24) is 0 Å². The molecule has 43 heavy (non-hydrogen) atoms. The second-order valence-corrected chi connectivity index (χ2v) is 10.3. The molecule has 9 heteroatoms. The third kappa shape index (κ3) is 10.2. The number of ether oxygens (including phenoxy) is 3. The molecule has 3 N–H and O–H groups in total. The van der Waals surface area contributed by atoms with Crippen molar-refractivity contribution < 1.29 is 38.8 Å². The summed E-state index contributed by atoms with van der Waals surface area (Å²) in [5.41, 5.74) is 1.14. The maximum absolute atomic E-state index is 12.4. The van der Waals surface area contributed by atoms with Crippen molar-refractivity contribution in [3.63, 3.8) is 0 Å². The van der Waals surface area contributed by atoms with Crippen LogP contribution >= 0.6 is 0 Å². The summed E-state index contributed by atoms with van der Waals surface area (Å²) >= 11 is 0. The molecule has 0 saturated heterocycles. The minimum Gasteiger partial charge on any atom is -0.491 e. The highest BCUT2D eigenvalue weighted by atomic mass is 16.5. The summed E-state index contributed by atoms with van der Waals surface area (Å²) < 4.78 is 16.6. The van der Waals surface area contributed by atoms with E-state index in [2.05, 4.69) is 5.32 Å². The van der Waals surface area contributed by atoms with E-state index in [-0.39, 0.29) is 43.7 Å². The fourth-order valence-corrected chi connectivity index (χ4v) is 4.70. The van der Waals surface area contributed by atoms with Gasteiger partial charge in [0.2, 0.25) is 0 Å². The van der Waals surface area contributed by atoms with Gasteiger partial charge in [0.25, 0.3) is 5.91 Å². The normalized spacial score (nSPS) is 18.8. The second kappa shape index (κ2) is 16.4. The first-order valence-electron chi connectivity index (χ1n) is 14.4. The molecular formula is C34H37NO8. The average molecular weight is 588 g/mol. The molecular weight excluding hydrogens is 550 g/mol. The molecule has 0 aliphatic heterocycles. The van der Waals surface area contributed by atoms with E-state index in [0.29, 0.717) is 42.0 Å². The highest BCUT2D eigenvalue weighted by Gasteiger charge is 2.41. The van der Waals surface area contributed by atoms with Crippen LogP contribution in [-0.4, -0.2) is 59.4 Å². The Labute approximate surface area is 251 Å². The van der Waals surface area contributed by atoms with Crippen molar-refractivity contribution >= 4 is 23.3 Å². The third-order valence-corrected chi connectivity index (χ3v) is 6.95. The molecule has 1 aliphatic carbocycles. The Balaban J connectivity index is 1.12. The number of rotatable bonds is 15. The van der Waals surface area contributed by atoms with Gasteiger partial charge in [-0.05, 0) is 67.8 Å². The summed E-state index contributed by atoms with van der Waals surface area (Å²) in [4.78, 5) is 36.9. The first kappa shape index (κ1) is 31.6. The van der Waals surface area contributed by atoms with E-state index < -0.39 is 24.2 Å². The fraction of sp³-hybridized carbons (Fsp3) is 0.324. The fourth-order valence-electron chi connectivity index (χ4n) is 4.70. The molecule has 0 radical (unpaired) electrons. The lowest BCUT2D eigenvalue weighted by molar-refractivity contribution is -0.134. The quantitative estimate of drug-likeness (QED) is 0.101. The van der Waals surface area contributed by atoms with Gasteiger partial charge < -0.3 is 29.7 Å². The van der Waals surface area contributed by atoms with Crippen LogP contribution in [0.15, 0.2) is 97.1 Å². The molecule has 4 rings (SSSR count). The Bertz CT molecular complexity index is 1340. The Morgan fingerprint density at radius 2 is 1.60 bits per heavy atom. The lowest BCUT2D eigenvalue weighted by Crippen LogP contribution is -2.34. The molecule has 1 saturated carbocycles. The number of carbonyl (C=O) groups excluding carboxylic acids is 3. The summed E-state index contributed by atoms with van der Waals surface area (Å²) in [5.74, 6) is -0.149. The van der Waals surface area contributed by atoms with Gasteiger partial charge in [0.05, 0.1) is 18.8 Å². The Kier molecular flexibility index (Phi) is 12.0. The van der Waals surface area contributed by atoms with Crippen LogP contribution in [0.4, 0.5) is 5.69 Å². The third-order valence-electron chi connectivity index (χ3n) is 6.95. The van der Waals surface area contributed by atoms with E-state index in [1.54, 1.807) is 60.7 Å². The number of aliphatic hydroxyl groups excluding tert-OH is 2. The number of unbranched alkanes of at least 4 members (excludes halogenated alkanes) is 1. The Morgan fingerprint density at radius 3 is 2.33 bits per heavy atom. The molecule has 0 heterocycles. The van der Waals surface area contributed by atoms with Crippen LogP contribution in [-0.2, 0) is 14.3 Å². The van der Waals surface area contributed by atoms with Crippen molar-refractivity contribution in [3.8, 4) is 11.5 Å². The molecule has 4 atom stereocenters. The predicted molar refractivity (Wildman–Crippen MR) is 161 cm³/mol. The highest BCUT2D eigenvalue weighted by molar-refractivity contribution is 6.04. The van der Waals surface area contributed by atoms with Gasteiger partial charge in [-0.2, -0.15) is 0 Å². The summed E-state index contributed by atoms with van der Waals surface area (Å²) in [5, 5.41) is 23.3. The van der Waals surface area contributed by atoms with Crippen LogP contribution in [0, 0.1) is 5.92 Å². The van der Waals surface area contributed by atoms with Gasteiger partial charge in [0.15, 0.2) is 0 Å². The van der Waals surface area contributed by atoms with Gasteiger partial charge in [-0.25, -0.2) is 0 Å². The van der Waals surface area contributed by atoms with E-state index in [0.717, 1.165) is 0 Å². The topological polar surface area (TPSA) is 131 Å². The lowest BCUT2D eigenvalue weighted by Gasteiger charge is -2.22. The van der Waals surface area contributed by atoms with E-state index in [4.69, 9.17) is 14.2 Å². The van der Waals surface area contributed by atoms with E-state index in [9.17, 15) is 24.6 Å². The van der Waals surface area contributed by atoms with Gasteiger partial charge in [0, 0.05) is 30.0 Å². The smallest absolute Gasteiger partial charge is 0.311 e. The minimum atomic E-state index is -0.919. The number of carbonyl (C=O) groups is 3. The van der Waals surface area contributed by atoms with Crippen molar-refractivity contribution in [2.24, 2.45) is 5.92 Å². The molecule has 4 unspecified atom stereocenters. The SMILES string of the molecule is O=C(CCC/C=C\CC1C(=O)CC(O)C1OCC(O)COc1ccccc1)Oc1ccc(NC(=O)c2ccccc2)cc1. The average Bonchev–Trinajstić information content (AvgIpc) is 3.29. The molecule has 0 bridgehead atoms. The molecule has 3 aromatic rings. The maximum Gasteiger partial charge on any atom is 0.311 e. The minimum absolute atomic E-state index is 0.0198. The van der Waals surface area contributed by atoms with E-state index in [1.807, 2.05) is 36.4 Å². The number of esters is 1. The number of benzene rings is 3. The first-order valence-corrected chi connectivity index (χ1v) is 14.4. The van der Waals surface area contributed by atoms with Crippen LogP contribution < -0.4 is 14.8 Å². The number of allylic oxidation sites excluding steroid dienone is 2. The first-order chi connectivity index (χ1) is 20.9. The van der Waals surface area contributed by atoms with E-state index in [1.165, 1.54) is 0 Å². The van der Waals surface area contributed by atoms with Crippen molar-refractivity contribution in [2.75, 3.05) is 18.5 Å².